The number of aliphatic hydroxyl groups excluding tert-OH is 1. The Morgan fingerprint density at radius 3 is 2.85 bits per heavy atom. The van der Waals surface area contributed by atoms with E-state index in [1.54, 1.807) is 0 Å². The lowest BCUT2D eigenvalue weighted by Gasteiger charge is -2.36. The first-order valence-electron chi connectivity index (χ1n) is 9.62. The van der Waals surface area contributed by atoms with E-state index in [1.807, 2.05) is 47.5 Å². The average molecular weight is 361 g/mol. The van der Waals surface area contributed by atoms with Gasteiger partial charge >= 0.3 is 0 Å². The molecule has 3 aromatic rings. The number of hydrogen-bond acceptors (Lipinski definition) is 3. The van der Waals surface area contributed by atoms with Crippen LogP contribution in [-0.2, 0) is 6.42 Å². The molecule has 27 heavy (non-hydrogen) atoms. The Hall–Kier alpha value is -2.66. The molecule has 2 aliphatic heterocycles. The summed E-state index contributed by atoms with van der Waals surface area (Å²) in [4.78, 5) is 22.9. The van der Waals surface area contributed by atoms with Crippen LogP contribution in [0, 0.1) is 5.41 Å². The molecular weight excluding hydrogens is 338 g/mol. The Labute approximate surface area is 158 Å². The summed E-state index contributed by atoms with van der Waals surface area (Å²) < 4.78 is 0. The van der Waals surface area contributed by atoms with Crippen LogP contribution in [0.2, 0.25) is 0 Å². The number of H-pyrrole nitrogens is 1. The molecule has 5 rings (SSSR count). The smallest absolute Gasteiger partial charge is 0.273 e. The zero-order valence-corrected chi connectivity index (χ0v) is 15.1. The third kappa shape index (κ3) is 2.57. The monoisotopic (exact) mass is 361 g/mol. The molecule has 0 saturated carbocycles. The van der Waals surface area contributed by atoms with E-state index in [0.29, 0.717) is 5.69 Å². The maximum atomic E-state index is 13.3. The average Bonchev–Trinajstić information content (AvgIpc) is 3.41. The molecule has 3 atom stereocenters. The first-order chi connectivity index (χ1) is 13.2. The lowest BCUT2D eigenvalue weighted by molar-refractivity contribution is 0.0567. The number of amides is 1. The van der Waals surface area contributed by atoms with Crippen molar-refractivity contribution in [3.63, 3.8) is 0 Å². The van der Waals surface area contributed by atoms with E-state index in [1.165, 1.54) is 5.56 Å². The first kappa shape index (κ1) is 16.5. The van der Waals surface area contributed by atoms with Gasteiger partial charge in [0.2, 0.25) is 0 Å². The highest BCUT2D eigenvalue weighted by atomic mass is 16.3. The molecule has 2 N–H and O–H groups in total. The van der Waals surface area contributed by atoms with Crippen molar-refractivity contribution in [1.29, 1.82) is 0 Å². The molecule has 0 spiro atoms. The van der Waals surface area contributed by atoms with Gasteiger partial charge in [0.25, 0.3) is 5.91 Å². The molecule has 1 aromatic carbocycles. The summed E-state index contributed by atoms with van der Waals surface area (Å²) in [6, 6.07) is 16.3. The molecule has 0 radical (unpaired) electrons. The van der Waals surface area contributed by atoms with Crippen molar-refractivity contribution in [2.45, 2.75) is 37.8 Å². The number of carbonyl (C=O) groups excluding carboxylic acids is 1. The topological polar surface area (TPSA) is 69.2 Å². The van der Waals surface area contributed by atoms with Gasteiger partial charge in [-0.15, -0.1) is 0 Å². The molecule has 5 nitrogen and oxygen atoms in total. The van der Waals surface area contributed by atoms with Crippen molar-refractivity contribution in [2.75, 3.05) is 6.61 Å². The fraction of sp³-hybridized carbons (Fsp3) is 0.364. The molecule has 0 unspecified atom stereocenters. The zero-order valence-electron chi connectivity index (χ0n) is 15.1. The molecular formula is C22H23N3O2. The van der Waals surface area contributed by atoms with Crippen molar-refractivity contribution in [3.05, 3.63) is 66.0 Å². The van der Waals surface area contributed by atoms with Gasteiger partial charge in [-0.2, -0.15) is 0 Å². The molecule has 2 aliphatic rings. The van der Waals surface area contributed by atoms with Crippen LogP contribution in [-0.4, -0.2) is 44.6 Å². The minimum atomic E-state index is -0.254. The number of aliphatic hydroxyl groups is 1. The maximum absolute atomic E-state index is 13.3. The first-order valence-corrected chi connectivity index (χ1v) is 9.62. The zero-order chi connectivity index (χ0) is 18.4. The van der Waals surface area contributed by atoms with Crippen LogP contribution >= 0.6 is 0 Å². The second kappa shape index (κ2) is 6.20. The number of carbonyl (C=O) groups is 1. The van der Waals surface area contributed by atoms with E-state index in [9.17, 15) is 9.90 Å². The van der Waals surface area contributed by atoms with Crippen LogP contribution < -0.4 is 0 Å². The van der Waals surface area contributed by atoms with Gasteiger partial charge in [-0.3, -0.25) is 4.79 Å². The highest BCUT2D eigenvalue weighted by Crippen LogP contribution is 2.51. The van der Waals surface area contributed by atoms with E-state index < -0.39 is 0 Å². The number of aromatic nitrogens is 2. The predicted octanol–water partition coefficient (Wildman–Crippen LogP) is 3.16. The quantitative estimate of drug-likeness (QED) is 0.750. The number of fused-ring (bicyclic) bond motifs is 3. The van der Waals surface area contributed by atoms with Gasteiger partial charge in [0.15, 0.2) is 0 Å². The van der Waals surface area contributed by atoms with Crippen LogP contribution in [0.5, 0.6) is 0 Å². The summed E-state index contributed by atoms with van der Waals surface area (Å²) in [7, 11) is 0. The van der Waals surface area contributed by atoms with E-state index in [0.717, 1.165) is 36.7 Å². The summed E-state index contributed by atoms with van der Waals surface area (Å²) in [5, 5.41) is 11.3. The summed E-state index contributed by atoms with van der Waals surface area (Å²) in [6.07, 6.45) is 5.46. The van der Waals surface area contributed by atoms with Crippen LogP contribution in [0.4, 0.5) is 0 Å². The van der Waals surface area contributed by atoms with E-state index >= 15 is 0 Å². The fourth-order valence-electron chi connectivity index (χ4n) is 5.20. The Bertz CT molecular complexity index is 983. The minimum Gasteiger partial charge on any atom is -0.396 e. The van der Waals surface area contributed by atoms with Gasteiger partial charge in [0.05, 0.1) is 6.61 Å². The number of pyridine rings is 1. The highest BCUT2D eigenvalue weighted by molar-refractivity contribution is 5.95. The van der Waals surface area contributed by atoms with Crippen molar-refractivity contribution >= 4 is 16.9 Å². The number of hydrogen-bond donors (Lipinski definition) is 2. The predicted molar refractivity (Wildman–Crippen MR) is 103 cm³/mol. The molecule has 1 amide bonds. The molecule has 2 fully saturated rings. The van der Waals surface area contributed by atoms with Gasteiger partial charge < -0.3 is 15.0 Å². The number of aromatic amines is 1. The third-order valence-corrected chi connectivity index (χ3v) is 6.43. The molecule has 5 heteroatoms. The van der Waals surface area contributed by atoms with Crippen molar-refractivity contribution in [1.82, 2.24) is 14.9 Å². The second-order valence-electron chi connectivity index (χ2n) is 7.96. The summed E-state index contributed by atoms with van der Waals surface area (Å²) >= 11 is 0. The van der Waals surface area contributed by atoms with Crippen LogP contribution in [0.3, 0.4) is 0 Å². The van der Waals surface area contributed by atoms with Gasteiger partial charge in [0.1, 0.15) is 11.3 Å². The normalized spacial score (nSPS) is 26.8. The minimum absolute atomic E-state index is 0.0117. The van der Waals surface area contributed by atoms with Crippen molar-refractivity contribution in [2.24, 2.45) is 5.41 Å². The van der Waals surface area contributed by atoms with E-state index in [-0.39, 0.29) is 30.0 Å². The molecule has 4 heterocycles. The van der Waals surface area contributed by atoms with Crippen molar-refractivity contribution in [3.8, 4) is 0 Å². The lowest BCUT2D eigenvalue weighted by atomic mass is 9.70. The van der Waals surface area contributed by atoms with Crippen LogP contribution in [0.1, 0.15) is 35.3 Å². The molecule has 2 aromatic heterocycles. The van der Waals surface area contributed by atoms with E-state index in [2.05, 4.69) is 22.1 Å². The van der Waals surface area contributed by atoms with Crippen LogP contribution in [0.15, 0.2) is 54.7 Å². The highest BCUT2D eigenvalue weighted by Gasteiger charge is 2.57. The molecule has 138 valence electrons. The standard InChI is InChI=1S/C22H23N3O2/c26-14-22(12-15-4-2-1-3-5-15)13-17-7-9-19(22)25(17)21(27)18-8-6-16-10-11-23-20(16)24-18/h1-6,8,10-11,17,19,26H,7,9,12-14H2,(H,23,24)/t17-,19+,22-/m1/s1. The fourth-order valence-corrected chi connectivity index (χ4v) is 5.20. The van der Waals surface area contributed by atoms with Gasteiger partial charge in [0, 0.05) is 29.1 Å². The third-order valence-electron chi connectivity index (χ3n) is 6.43. The number of nitrogens with zero attached hydrogens (tertiary/aromatic N) is 2. The number of nitrogens with one attached hydrogen (secondary N) is 1. The second-order valence-corrected chi connectivity index (χ2v) is 7.96. The largest absolute Gasteiger partial charge is 0.396 e. The summed E-state index contributed by atoms with van der Waals surface area (Å²) in [5.41, 5.74) is 2.19. The number of rotatable bonds is 4. The Morgan fingerprint density at radius 2 is 2.04 bits per heavy atom. The van der Waals surface area contributed by atoms with Gasteiger partial charge in [-0.05, 0) is 49.4 Å². The molecule has 2 saturated heterocycles. The number of benzene rings is 1. The SMILES string of the molecule is O=C(c1ccc2cc[nH]c2n1)N1[C@@H]2CC[C@H]1[C@](CO)(Cc1ccccc1)C2. The van der Waals surface area contributed by atoms with Gasteiger partial charge in [-0.1, -0.05) is 30.3 Å². The molecule has 0 aliphatic carbocycles. The lowest BCUT2D eigenvalue weighted by Crippen LogP contribution is -2.44. The van der Waals surface area contributed by atoms with Gasteiger partial charge in [-0.25, -0.2) is 4.98 Å². The van der Waals surface area contributed by atoms with E-state index in [4.69, 9.17) is 0 Å². The summed E-state index contributed by atoms with van der Waals surface area (Å²) in [5.74, 6) is -0.0117. The molecule has 2 bridgehead atoms. The Morgan fingerprint density at radius 1 is 1.19 bits per heavy atom. The van der Waals surface area contributed by atoms with Crippen LogP contribution in [0.25, 0.3) is 11.0 Å². The summed E-state index contributed by atoms with van der Waals surface area (Å²) in [6.45, 7) is 0.107. The van der Waals surface area contributed by atoms with Crippen molar-refractivity contribution < 1.29 is 9.90 Å². The Kier molecular flexibility index (Phi) is 3.79. The maximum Gasteiger partial charge on any atom is 0.273 e. The Balaban J connectivity index is 1.46.